The van der Waals surface area contributed by atoms with Gasteiger partial charge < -0.3 is 9.47 Å². The van der Waals surface area contributed by atoms with Crippen LogP contribution in [0.25, 0.3) is 5.69 Å². The molecule has 0 aliphatic heterocycles. The van der Waals surface area contributed by atoms with Gasteiger partial charge in [-0.15, -0.1) is 10.2 Å². The maximum absolute atomic E-state index is 12.8. The molecule has 1 heterocycles. The molecule has 9 nitrogen and oxygen atoms in total. The van der Waals surface area contributed by atoms with E-state index in [4.69, 9.17) is 9.47 Å². The number of hydrogen-bond donors (Lipinski definition) is 0. The van der Waals surface area contributed by atoms with Crippen molar-refractivity contribution in [1.82, 2.24) is 14.8 Å². The molecule has 0 aliphatic rings. The highest BCUT2D eigenvalue weighted by atomic mass is 32.2. The van der Waals surface area contributed by atoms with E-state index in [9.17, 15) is 14.9 Å². The number of methoxy groups -OCH3 is 1. The summed E-state index contributed by atoms with van der Waals surface area (Å²) in [5, 5.41) is 20.2. The van der Waals surface area contributed by atoms with Gasteiger partial charge in [-0.1, -0.05) is 54.2 Å². The van der Waals surface area contributed by atoms with E-state index in [2.05, 4.69) is 10.2 Å². The maximum atomic E-state index is 12.8. The lowest BCUT2D eigenvalue weighted by Crippen LogP contribution is -2.12. The third-order valence-electron chi connectivity index (χ3n) is 5.12. The lowest BCUT2D eigenvalue weighted by atomic mass is 10.1. The highest BCUT2D eigenvalue weighted by molar-refractivity contribution is 7.99. The van der Waals surface area contributed by atoms with Crippen LogP contribution in [-0.4, -0.2) is 38.3 Å². The second-order valence-electron chi connectivity index (χ2n) is 7.44. The van der Waals surface area contributed by atoms with E-state index in [1.165, 1.54) is 30.0 Å². The molecule has 35 heavy (non-hydrogen) atoms. The molecule has 0 N–H and O–H groups in total. The molecule has 0 spiro atoms. The third kappa shape index (κ3) is 5.49. The number of hydrogen-bond acceptors (Lipinski definition) is 8. The van der Waals surface area contributed by atoms with Gasteiger partial charge in [0.2, 0.25) is 0 Å². The Hall–Kier alpha value is -4.18. The summed E-state index contributed by atoms with van der Waals surface area (Å²) < 4.78 is 13.4. The van der Waals surface area contributed by atoms with Crippen LogP contribution in [0.1, 0.15) is 29.2 Å². The van der Waals surface area contributed by atoms with Gasteiger partial charge in [0, 0.05) is 23.4 Å². The molecule has 178 valence electrons. The number of rotatable bonds is 10. The fourth-order valence-electron chi connectivity index (χ4n) is 3.42. The number of nitrogens with zero attached hydrogens (tertiary/aromatic N) is 4. The van der Waals surface area contributed by atoms with Crippen LogP contribution in [0.2, 0.25) is 0 Å². The predicted molar refractivity (Wildman–Crippen MR) is 132 cm³/mol. The van der Waals surface area contributed by atoms with Crippen LogP contribution in [0.15, 0.2) is 84.0 Å². The largest absolute Gasteiger partial charge is 0.493 e. The van der Waals surface area contributed by atoms with Crippen molar-refractivity contribution in [2.45, 2.75) is 18.2 Å². The van der Waals surface area contributed by atoms with E-state index in [0.29, 0.717) is 22.5 Å². The third-order valence-corrected chi connectivity index (χ3v) is 6.05. The summed E-state index contributed by atoms with van der Waals surface area (Å²) in [5.74, 6) is 1.50. The summed E-state index contributed by atoms with van der Waals surface area (Å²) in [5.41, 5.74) is 0.955. The number of aromatic nitrogens is 3. The molecule has 10 heteroatoms. The number of ketones is 1. The van der Waals surface area contributed by atoms with Crippen LogP contribution in [0, 0.1) is 10.1 Å². The second-order valence-corrected chi connectivity index (χ2v) is 8.38. The molecule has 4 aromatic rings. The van der Waals surface area contributed by atoms with Crippen LogP contribution in [0.5, 0.6) is 11.5 Å². The smallest absolute Gasteiger partial charge is 0.270 e. The number of nitro groups is 1. The number of carbonyl (C=O) groups is 1. The minimum Gasteiger partial charge on any atom is -0.493 e. The quantitative estimate of drug-likeness (QED) is 0.127. The van der Waals surface area contributed by atoms with Gasteiger partial charge in [0.15, 0.2) is 34.4 Å². The molecule has 4 rings (SSSR count). The number of carbonyl (C=O) groups excluding carboxylic acids is 1. The summed E-state index contributed by atoms with van der Waals surface area (Å²) in [6, 6.07) is 22.5. The van der Waals surface area contributed by atoms with Crippen LogP contribution in [-0.2, 0) is 0 Å². The van der Waals surface area contributed by atoms with E-state index in [1.807, 2.05) is 66.1 Å². The van der Waals surface area contributed by atoms with Crippen molar-refractivity contribution < 1.29 is 19.2 Å². The van der Waals surface area contributed by atoms with Gasteiger partial charge in [0.25, 0.3) is 5.69 Å². The zero-order chi connectivity index (χ0) is 24.8. The minimum absolute atomic E-state index is 0.0356. The summed E-state index contributed by atoms with van der Waals surface area (Å²) >= 11 is 1.20. The Balaban J connectivity index is 1.60. The maximum Gasteiger partial charge on any atom is 0.270 e. The van der Waals surface area contributed by atoms with Crippen LogP contribution < -0.4 is 9.47 Å². The van der Waals surface area contributed by atoms with E-state index in [1.54, 1.807) is 13.2 Å². The number of benzene rings is 3. The molecule has 1 unspecified atom stereocenters. The molecule has 0 saturated carbocycles. The number of ether oxygens (including phenoxy) is 2. The Kier molecular flexibility index (Phi) is 7.41. The molecular weight excluding hydrogens is 468 g/mol. The van der Waals surface area contributed by atoms with Gasteiger partial charge in [-0.25, -0.2) is 0 Å². The van der Waals surface area contributed by atoms with Crippen molar-refractivity contribution in [1.29, 1.82) is 0 Å². The second kappa shape index (κ2) is 10.8. The van der Waals surface area contributed by atoms with Crippen molar-refractivity contribution in [2.24, 2.45) is 0 Å². The lowest BCUT2D eigenvalue weighted by Gasteiger charge is -2.18. The zero-order valence-corrected chi connectivity index (χ0v) is 19.8. The Labute approximate surface area is 205 Å². The van der Waals surface area contributed by atoms with Gasteiger partial charge in [0.05, 0.1) is 17.8 Å². The molecule has 0 saturated heterocycles. The van der Waals surface area contributed by atoms with Crippen LogP contribution >= 0.6 is 11.8 Å². The summed E-state index contributed by atoms with van der Waals surface area (Å²) in [6.45, 7) is 1.86. The fraction of sp³-hybridized carbons (Fsp3) is 0.160. The van der Waals surface area contributed by atoms with E-state index < -0.39 is 11.0 Å². The Morgan fingerprint density at radius 2 is 1.74 bits per heavy atom. The number of non-ortho nitro benzene ring substituents is 1. The SMILES string of the molecule is COc1ccccc1OC(C)c1nnc(SCC(=O)c2cccc([N+](=O)[O-])c2)n1-c1ccccc1. The van der Waals surface area contributed by atoms with Gasteiger partial charge >= 0.3 is 0 Å². The van der Waals surface area contributed by atoms with Gasteiger partial charge in [-0.05, 0) is 31.2 Å². The average Bonchev–Trinajstić information content (AvgIpc) is 3.32. The fourth-order valence-corrected chi connectivity index (χ4v) is 4.28. The first-order valence-electron chi connectivity index (χ1n) is 10.7. The van der Waals surface area contributed by atoms with E-state index in [0.717, 1.165) is 5.69 Å². The molecule has 1 atom stereocenters. The van der Waals surface area contributed by atoms with Crippen molar-refractivity contribution >= 4 is 23.2 Å². The Bertz CT molecular complexity index is 1340. The Morgan fingerprint density at radius 3 is 2.46 bits per heavy atom. The zero-order valence-electron chi connectivity index (χ0n) is 19.0. The number of nitro benzene ring substituents is 1. The molecular formula is C25H22N4O5S. The molecule has 0 amide bonds. The van der Waals surface area contributed by atoms with E-state index >= 15 is 0 Å². The van der Waals surface area contributed by atoms with Gasteiger partial charge in [-0.3, -0.25) is 19.5 Å². The van der Waals surface area contributed by atoms with Crippen molar-refractivity contribution in [3.05, 3.63) is 100 Å². The molecule has 0 fully saturated rings. The highest BCUT2D eigenvalue weighted by Gasteiger charge is 2.23. The number of thioether (sulfide) groups is 1. The Morgan fingerprint density at radius 1 is 1.03 bits per heavy atom. The van der Waals surface area contributed by atoms with Crippen LogP contribution in [0.4, 0.5) is 5.69 Å². The summed E-state index contributed by atoms with van der Waals surface area (Å²) in [7, 11) is 1.58. The summed E-state index contributed by atoms with van der Waals surface area (Å²) in [4.78, 5) is 23.3. The minimum atomic E-state index is -0.522. The monoisotopic (exact) mass is 490 g/mol. The topological polar surface area (TPSA) is 109 Å². The molecule has 0 radical (unpaired) electrons. The first-order chi connectivity index (χ1) is 17.0. The van der Waals surface area contributed by atoms with Gasteiger partial charge in [-0.2, -0.15) is 0 Å². The predicted octanol–water partition coefficient (Wildman–Crippen LogP) is 5.30. The van der Waals surface area contributed by atoms with Crippen molar-refractivity contribution in [2.75, 3.05) is 12.9 Å². The lowest BCUT2D eigenvalue weighted by molar-refractivity contribution is -0.384. The van der Waals surface area contributed by atoms with Crippen molar-refractivity contribution in [3.8, 4) is 17.2 Å². The molecule has 0 bridgehead atoms. The first-order valence-corrected chi connectivity index (χ1v) is 11.7. The first kappa shape index (κ1) is 24.0. The van der Waals surface area contributed by atoms with E-state index in [-0.39, 0.29) is 22.8 Å². The molecule has 3 aromatic carbocycles. The van der Waals surface area contributed by atoms with Crippen molar-refractivity contribution in [3.63, 3.8) is 0 Å². The molecule has 0 aliphatic carbocycles. The highest BCUT2D eigenvalue weighted by Crippen LogP contribution is 2.32. The number of para-hydroxylation sites is 3. The van der Waals surface area contributed by atoms with Crippen LogP contribution in [0.3, 0.4) is 0 Å². The average molecular weight is 491 g/mol. The summed E-state index contributed by atoms with van der Waals surface area (Å²) in [6.07, 6.45) is -0.485. The van der Waals surface area contributed by atoms with Gasteiger partial charge in [0.1, 0.15) is 0 Å². The normalized spacial score (nSPS) is 11.6. The standard InChI is InChI=1S/C25H22N4O5S/c1-17(34-23-14-7-6-13-22(23)33-2)24-26-27-25(28(24)19-10-4-3-5-11-19)35-16-21(30)18-9-8-12-20(15-18)29(31)32/h3-15,17H,16H2,1-2H3. The molecule has 1 aromatic heterocycles. The number of Topliss-reactive ketones (excluding diaryl/α,β-unsaturated/α-hetero) is 1.